The molecule has 0 saturated carbocycles. The van der Waals surface area contributed by atoms with Gasteiger partial charge in [0, 0.05) is 6.92 Å². The Kier molecular flexibility index (Phi) is 7.21. The zero-order chi connectivity index (χ0) is 20.2. The highest BCUT2D eigenvalue weighted by Crippen LogP contribution is 2.40. The summed E-state index contributed by atoms with van der Waals surface area (Å²) in [7, 11) is -2.19. The van der Waals surface area contributed by atoms with E-state index in [9.17, 15) is 9.90 Å². The SMILES string of the molecule is CC(=O)O[C@H]1[C@@H](O[Si](C)(C)C(C)(C)C)[C@H](O)O[C@@H]1COCc1ccccc1. The summed E-state index contributed by atoms with van der Waals surface area (Å²) in [6.07, 6.45) is -3.17. The van der Waals surface area contributed by atoms with E-state index in [2.05, 4.69) is 33.9 Å². The zero-order valence-electron chi connectivity index (χ0n) is 17.1. The molecule has 7 heteroatoms. The Morgan fingerprint density at radius 2 is 1.81 bits per heavy atom. The molecule has 0 spiro atoms. The maximum atomic E-state index is 11.6. The summed E-state index contributed by atoms with van der Waals surface area (Å²) in [6, 6.07) is 9.77. The van der Waals surface area contributed by atoms with Gasteiger partial charge in [0.25, 0.3) is 0 Å². The zero-order valence-corrected chi connectivity index (χ0v) is 18.1. The van der Waals surface area contributed by atoms with Crippen LogP contribution in [0.3, 0.4) is 0 Å². The molecule has 0 bridgehead atoms. The highest BCUT2D eigenvalue weighted by Gasteiger charge is 2.51. The number of aliphatic hydroxyl groups excluding tert-OH is 1. The highest BCUT2D eigenvalue weighted by atomic mass is 28.4. The van der Waals surface area contributed by atoms with Crippen molar-refractivity contribution in [3.63, 3.8) is 0 Å². The van der Waals surface area contributed by atoms with Crippen molar-refractivity contribution in [2.75, 3.05) is 6.61 Å². The average molecular weight is 397 g/mol. The van der Waals surface area contributed by atoms with Crippen molar-refractivity contribution in [1.29, 1.82) is 0 Å². The van der Waals surface area contributed by atoms with Gasteiger partial charge in [0.1, 0.15) is 12.2 Å². The molecule has 1 heterocycles. The normalized spacial score (nSPS) is 26.2. The number of carbonyl (C=O) groups is 1. The van der Waals surface area contributed by atoms with Gasteiger partial charge in [0.2, 0.25) is 0 Å². The number of aliphatic hydroxyl groups is 1. The first kappa shape index (κ1) is 22.0. The van der Waals surface area contributed by atoms with Gasteiger partial charge in [-0.3, -0.25) is 4.79 Å². The Hall–Kier alpha value is -1.25. The third kappa shape index (κ3) is 5.86. The molecule has 152 valence electrons. The summed E-state index contributed by atoms with van der Waals surface area (Å²) in [5.74, 6) is -0.436. The van der Waals surface area contributed by atoms with Gasteiger partial charge in [-0.1, -0.05) is 51.1 Å². The average Bonchev–Trinajstić information content (AvgIpc) is 2.82. The Labute approximate surface area is 162 Å². The van der Waals surface area contributed by atoms with Crippen LogP contribution in [0.15, 0.2) is 30.3 Å². The number of esters is 1. The van der Waals surface area contributed by atoms with E-state index in [1.165, 1.54) is 6.92 Å². The third-order valence-corrected chi connectivity index (χ3v) is 9.69. The van der Waals surface area contributed by atoms with E-state index in [1.54, 1.807) is 0 Å². The van der Waals surface area contributed by atoms with Crippen molar-refractivity contribution in [3.05, 3.63) is 35.9 Å². The first-order valence-corrected chi connectivity index (χ1v) is 12.2. The van der Waals surface area contributed by atoms with Crippen LogP contribution in [0.25, 0.3) is 0 Å². The molecular formula is C20H32O6Si. The van der Waals surface area contributed by atoms with Crippen molar-refractivity contribution in [2.24, 2.45) is 0 Å². The van der Waals surface area contributed by atoms with Crippen molar-refractivity contribution in [1.82, 2.24) is 0 Å². The molecule has 27 heavy (non-hydrogen) atoms. The van der Waals surface area contributed by atoms with Crippen LogP contribution in [-0.2, 0) is 30.0 Å². The maximum absolute atomic E-state index is 11.6. The monoisotopic (exact) mass is 396 g/mol. The van der Waals surface area contributed by atoms with Crippen molar-refractivity contribution in [3.8, 4) is 0 Å². The summed E-state index contributed by atoms with van der Waals surface area (Å²) in [5.41, 5.74) is 1.04. The second-order valence-corrected chi connectivity index (χ2v) is 13.2. The largest absolute Gasteiger partial charge is 0.457 e. The van der Waals surface area contributed by atoms with Crippen LogP contribution < -0.4 is 0 Å². The first-order chi connectivity index (χ1) is 12.5. The third-order valence-electron chi connectivity index (χ3n) is 5.22. The second kappa shape index (κ2) is 8.83. The molecule has 1 fully saturated rings. The van der Waals surface area contributed by atoms with Gasteiger partial charge < -0.3 is 23.7 Å². The predicted octanol–water partition coefficient (Wildman–Crippen LogP) is 3.24. The number of benzene rings is 1. The van der Waals surface area contributed by atoms with Crippen LogP contribution in [0.1, 0.15) is 33.3 Å². The lowest BCUT2D eigenvalue weighted by Gasteiger charge is -2.39. The van der Waals surface area contributed by atoms with E-state index in [4.69, 9.17) is 18.6 Å². The molecule has 6 nitrogen and oxygen atoms in total. The highest BCUT2D eigenvalue weighted by molar-refractivity contribution is 6.74. The molecule has 1 aromatic carbocycles. The van der Waals surface area contributed by atoms with E-state index < -0.39 is 38.9 Å². The second-order valence-electron chi connectivity index (χ2n) is 8.48. The number of hydrogen-bond donors (Lipinski definition) is 1. The lowest BCUT2D eigenvalue weighted by molar-refractivity contribution is -0.154. The summed E-state index contributed by atoms with van der Waals surface area (Å²) in [4.78, 5) is 11.6. The van der Waals surface area contributed by atoms with Crippen LogP contribution in [-0.4, -0.2) is 50.6 Å². The van der Waals surface area contributed by atoms with Crippen molar-refractivity contribution in [2.45, 2.75) is 77.0 Å². The van der Waals surface area contributed by atoms with Gasteiger partial charge in [0.15, 0.2) is 20.7 Å². The molecule has 4 atom stereocenters. The minimum absolute atomic E-state index is 0.0462. The van der Waals surface area contributed by atoms with Gasteiger partial charge in [0.05, 0.1) is 13.2 Å². The quantitative estimate of drug-likeness (QED) is 0.563. The smallest absolute Gasteiger partial charge is 0.303 e. The summed E-state index contributed by atoms with van der Waals surface area (Å²) in [6.45, 7) is 12.5. The molecule has 1 aliphatic heterocycles. The Balaban J connectivity index is 2.05. The van der Waals surface area contributed by atoms with E-state index in [-0.39, 0.29) is 11.6 Å². The number of hydrogen-bond acceptors (Lipinski definition) is 6. The van der Waals surface area contributed by atoms with Gasteiger partial charge in [-0.05, 0) is 23.7 Å². The Morgan fingerprint density at radius 3 is 2.37 bits per heavy atom. The molecule has 0 aliphatic carbocycles. The van der Waals surface area contributed by atoms with E-state index >= 15 is 0 Å². The van der Waals surface area contributed by atoms with Crippen LogP contribution in [0.5, 0.6) is 0 Å². The standard InChI is InChI=1S/C20H32O6Si/c1-14(21)24-17-16(13-23-12-15-10-8-7-9-11-15)25-19(22)18(17)26-27(5,6)20(2,3)4/h7-11,16-19,22H,12-13H2,1-6H3/t16-,17-,18-,19-/m1/s1. The van der Waals surface area contributed by atoms with Crippen LogP contribution in [0.2, 0.25) is 18.1 Å². The number of carbonyl (C=O) groups excluding carboxylic acids is 1. The van der Waals surface area contributed by atoms with Crippen LogP contribution >= 0.6 is 0 Å². The lowest BCUT2D eigenvalue weighted by Crippen LogP contribution is -2.50. The van der Waals surface area contributed by atoms with Crippen molar-refractivity contribution >= 4 is 14.3 Å². The fraction of sp³-hybridized carbons (Fsp3) is 0.650. The molecule has 1 N–H and O–H groups in total. The Morgan fingerprint density at radius 1 is 1.19 bits per heavy atom. The minimum Gasteiger partial charge on any atom is -0.457 e. The molecule has 2 rings (SSSR count). The summed E-state index contributed by atoms with van der Waals surface area (Å²) < 4.78 is 23.1. The number of ether oxygens (including phenoxy) is 3. The predicted molar refractivity (Wildman–Crippen MR) is 105 cm³/mol. The summed E-state index contributed by atoms with van der Waals surface area (Å²) >= 11 is 0. The van der Waals surface area contributed by atoms with Gasteiger partial charge in [-0.25, -0.2) is 0 Å². The molecule has 1 aromatic rings. The molecule has 1 saturated heterocycles. The summed E-state index contributed by atoms with van der Waals surface area (Å²) in [5, 5.41) is 10.4. The molecule has 0 radical (unpaired) electrons. The molecule has 0 aromatic heterocycles. The molecule has 0 unspecified atom stereocenters. The topological polar surface area (TPSA) is 74.2 Å². The lowest BCUT2D eigenvalue weighted by atomic mass is 10.1. The van der Waals surface area contributed by atoms with E-state index in [1.807, 2.05) is 30.3 Å². The molecule has 1 aliphatic rings. The van der Waals surface area contributed by atoms with Crippen LogP contribution in [0, 0.1) is 0 Å². The van der Waals surface area contributed by atoms with Gasteiger partial charge >= 0.3 is 5.97 Å². The van der Waals surface area contributed by atoms with E-state index in [0.717, 1.165) is 5.56 Å². The van der Waals surface area contributed by atoms with Gasteiger partial charge in [-0.2, -0.15) is 0 Å². The molecular weight excluding hydrogens is 364 g/mol. The van der Waals surface area contributed by atoms with E-state index in [0.29, 0.717) is 6.61 Å². The maximum Gasteiger partial charge on any atom is 0.303 e. The number of rotatable bonds is 7. The Bertz CT molecular complexity index is 613. The van der Waals surface area contributed by atoms with Gasteiger partial charge in [-0.15, -0.1) is 0 Å². The fourth-order valence-electron chi connectivity index (χ4n) is 2.69. The first-order valence-electron chi connectivity index (χ1n) is 9.31. The minimum atomic E-state index is -2.19. The van der Waals surface area contributed by atoms with Crippen LogP contribution in [0.4, 0.5) is 0 Å². The fourth-order valence-corrected chi connectivity index (χ4v) is 3.97. The molecule has 0 amide bonds. The van der Waals surface area contributed by atoms with Crippen molar-refractivity contribution < 1.29 is 28.5 Å².